The molecule has 1 saturated heterocycles. The minimum atomic E-state index is -0.289. The fourth-order valence-electron chi connectivity index (χ4n) is 1.65. The molecule has 4 nitrogen and oxygen atoms in total. The fraction of sp³-hybridized carbons (Fsp3) is 0.364. The number of nitrogens with zero attached hydrogens (tertiary/aromatic N) is 1. The summed E-state index contributed by atoms with van der Waals surface area (Å²) >= 11 is 1.58. The topological polar surface area (TPSA) is 40.6 Å². The number of hydrogen-bond acceptors (Lipinski definition) is 5. The molecule has 0 aliphatic carbocycles. The van der Waals surface area contributed by atoms with Crippen LogP contribution in [0.15, 0.2) is 18.2 Å². The van der Waals surface area contributed by atoms with Gasteiger partial charge in [0.2, 0.25) is 6.29 Å². The largest absolute Gasteiger partial charge is 0.497 e. The highest BCUT2D eigenvalue weighted by Gasteiger charge is 2.22. The number of fused-ring (bicyclic) bond motifs is 1. The molecule has 0 spiro atoms. The average molecular weight is 237 g/mol. The summed E-state index contributed by atoms with van der Waals surface area (Å²) in [6.07, 6.45) is -0.289. The lowest BCUT2D eigenvalue weighted by Gasteiger charge is -2.02. The van der Waals surface area contributed by atoms with Crippen LogP contribution in [0.3, 0.4) is 0 Å². The van der Waals surface area contributed by atoms with E-state index in [9.17, 15) is 0 Å². The molecule has 2 heterocycles. The van der Waals surface area contributed by atoms with Crippen LogP contribution in [-0.4, -0.2) is 25.3 Å². The van der Waals surface area contributed by atoms with Gasteiger partial charge < -0.3 is 14.2 Å². The molecule has 1 aromatic heterocycles. The smallest absolute Gasteiger partial charge is 0.211 e. The third kappa shape index (κ3) is 1.67. The second-order valence-corrected chi connectivity index (χ2v) is 4.52. The zero-order valence-electron chi connectivity index (χ0n) is 8.80. The van der Waals surface area contributed by atoms with Gasteiger partial charge in [-0.3, -0.25) is 0 Å². The number of ether oxygens (including phenoxy) is 3. The summed E-state index contributed by atoms with van der Waals surface area (Å²) in [5.74, 6) is 0.843. The molecule has 0 atom stereocenters. The van der Waals surface area contributed by atoms with Gasteiger partial charge in [0.1, 0.15) is 5.75 Å². The van der Waals surface area contributed by atoms with Gasteiger partial charge in [-0.15, -0.1) is 11.3 Å². The lowest BCUT2D eigenvalue weighted by atomic mass is 10.3. The van der Waals surface area contributed by atoms with E-state index < -0.39 is 0 Å². The van der Waals surface area contributed by atoms with Crippen LogP contribution >= 0.6 is 11.3 Å². The quantitative estimate of drug-likeness (QED) is 0.804. The van der Waals surface area contributed by atoms with Gasteiger partial charge in [0.05, 0.1) is 30.5 Å². The van der Waals surface area contributed by atoms with E-state index in [-0.39, 0.29) is 6.29 Å². The van der Waals surface area contributed by atoms with Crippen LogP contribution in [0.5, 0.6) is 5.75 Å². The molecule has 1 fully saturated rings. The highest BCUT2D eigenvalue weighted by molar-refractivity contribution is 7.18. The Morgan fingerprint density at radius 3 is 2.94 bits per heavy atom. The maximum absolute atomic E-state index is 5.42. The molecule has 1 aliphatic rings. The molecule has 0 unspecified atom stereocenters. The van der Waals surface area contributed by atoms with E-state index in [1.165, 1.54) is 0 Å². The summed E-state index contributed by atoms with van der Waals surface area (Å²) < 4.78 is 17.1. The third-order valence-electron chi connectivity index (χ3n) is 2.44. The Balaban J connectivity index is 2.01. The molecule has 84 valence electrons. The first kappa shape index (κ1) is 10.0. The number of methoxy groups -OCH3 is 1. The predicted molar refractivity (Wildman–Crippen MR) is 60.8 cm³/mol. The Labute approximate surface area is 96.8 Å². The Hall–Kier alpha value is -1.17. The summed E-state index contributed by atoms with van der Waals surface area (Å²) in [7, 11) is 1.66. The van der Waals surface area contributed by atoms with Crippen molar-refractivity contribution in [2.45, 2.75) is 6.29 Å². The SMILES string of the molecule is COc1ccc2nc(C3OCCO3)sc2c1. The number of aromatic nitrogens is 1. The molecule has 0 N–H and O–H groups in total. The van der Waals surface area contributed by atoms with Crippen LogP contribution in [0.1, 0.15) is 11.3 Å². The van der Waals surface area contributed by atoms with Crippen LogP contribution in [0.2, 0.25) is 0 Å². The van der Waals surface area contributed by atoms with Crippen molar-refractivity contribution in [3.8, 4) is 5.75 Å². The molecule has 0 radical (unpaired) electrons. The van der Waals surface area contributed by atoms with Gasteiger partial charge >= 0.3 is 0 Å². The number of hydrogen-bond donors (Lipinski definition) is 0. The molecule has 5 heteroatoms. The van der Waals surface area contributed by atoms with E-state index in [0.29, 0.717) is 13.2 Å². The van der Waals surface area contributed by atoms with E-state index in [1.54, 1.807) is 18.4 Å². The van der Waals surface area contributed by atoms with E-state index in [4.69, 9.17) is 14.2 Å². The van der Waals surface area contributed by atoms with E-state index in [1.807, 2.05) is 18.2 Å². The Morgan fingerprint density at radius 2 is 2.19 bits per heavy atom. The van der Waals surface area contributed by atoms with Gasteiger partial charge in [-0.1, -0.05) is 0 Å². The maximum Gasteiger partial charge on any atom is 0.211 e. The number of thiazole rings is 1. The number of rotatable bonds is 2. The van der Waals surface area contributed by atoms with Crippen LogP contribution in [0.4, 0.5) is 0 Å². The van der Waals surface area contributed by atoms with E-state index >= 15 is 0 Å². The van der Waals surface area contributed by atoms with Crippen LogP contribution in [0.25, 0.3) is 10.2 Å². The van der Waals surface area contributed by atoms with Crippen molar-refractivity contribution in [3.63, 3.8) is 0 Å². The van der Waals surface area contributed by atoms with Crippen molar-refractivity contribution in [2.24, 2.45) is 0 Å². The lowest BCUT2D eigenvalue weighted by Crippen LogP contribution is -1.96. The van der Waals surface area contributed by atoms with Crippen molar-refractivity contribution in [1.29, 1.82) is 0 Å². The van der Waals surface area contributed by atoms with Crippen molar-refractivity contribution >= 4 is 21.6 Å². The van der Waals surface area contributed by atoms with Crippen LogP contribution < -0.4 is 4.74 Å². The molecule has 16 heavy (non-hydrogen) atoms. The standard InChI is InChI=1S/C11H11NO3S/c1-13-7-2-3-8-9(6-7)16-10(12-8)11-14-4-5-15-11/h2-3,6,11H,4-5H2,1H3. The van der Waals surface area contributed by atoms with Crippen LogP contribution in [-0.2, 0) is 9.47 Å². The molecule has 1 aliphatic heterocycles. The van der Waals surface area contributed by atoms with Gasteiger partial charge in [0.25, 0.3) is 0 Å². The Bertz CT molecular complexity index is 505. The summed E-state index contributed by atoms with van der Waals surface area (Å²) in [6.45, 7) is 1.29. The highest BCUT2D eigenvalue weighted by Crippen LogP contribution is 2.32. The van der Waals surface area contributed by atoms with Crippen LogP contribution in [0, 0.1) is 0 Å². The summed E-state index contributed by atoms with van der Waals surface area (Å²) in [4.78, 5) is 4.48. The second-order valence-electron chi connectivity index (χ2n) is 3.46. The fourth-order valence-corrected chi connectivity index (χ4v) is 2.65. The summed E-state index contributed by atoms with van der Waals surface area (Å²) in [5.41, 5.74) is 0.958. The van der Waals surface area contributed by atoms with Gasteiger partial charge in [0, 0.05) is 0 Å². The van der Waals surface area contributed by atoms with Crippen molar-refractivity contribution < 1.29 is 14.2 Å². The van der Waals surface area contributed by atoms with Gasteiger partial charge in [0.15, 0.2) is 5.01 Å². The summed E-state index contributed by atoms with van der Waals surface area (Å²) in [5, 5.41) is 0.876. The minimum Gasteiger partial charge on any atom is -0.497 e. The normalized spacial score (nSPS) is 17.1. The molecule has 0 amide bonds. The Morgan fingerprint density at radius 1 is 1.38 bits per heavy atom. The molecule has 3 rings (SSSR count). The van der Waals surface area contributed by atoms with Crippen molar-refractivity contribution in [1.82, 2.24) is 4.98 Å². The average Bonchev–Trinajstić information content (AvgIpc) is 2.96. The molecule has 0 saturated carbocycles. The highest BCUT2D eigenvalue weighted by atomic mass is 32.1. The predicted octanol–water partition coefficient (Wildman–Crippen LogP) is 2.35. The summed E-state index contributed by atoms with van der Waals surface area (Å²) in [6, 6.07) is 5.83. The maximum atomic E-state index is 5.42. The Kier molecular flexibility index (Phi) is 2.51. The van der Waals surface area contributed by atoms with Gasteiger partial charge in [-0.25, -0.2) is 4.98 Å². The van der Waals surface area contributed by atoms with Gasteiger partial charge in [-0.05, 0) is 18.2 Å². The lowest BCUT2D eigenvalue weighted by molar-refractivity contribution is -0.0440. The number of benzene rings is 1. The molecule has 2 aromatic rings. The first-order valence-corrected chi connectivity index (χ1v) is 5.86. The zero-order valence-corrected chi connectivity index (χ0v) is 9.62. The minimum absolute atomic E-state index is 0.289. The van der Waals surface area contributed by atoms with E-state index in [2.05, 4.69) is 4.98 Å². The zero-order chi connectivity index (χ0) is 11.0. The first-order chi connectivity index (χ1) is 7.86. The molecule has 0 bridgehead atoms. The first-order valence-electron chi connectivity index (χ1n) is 5.04. The van der Waals surface area contributed by atoms with E-state index in [0.717, 1.165) is 21.0 Å². The molecular formula is C11H11NO3S. The van der Waals surface area contributed by atoms with Crippen molar-refractivity contribution in [3.05, 3.63) is 23.2 Å². The van der Waals surface area contributed by atoms with Crippen molar-refractivity contribution in [2.75, 3.05) is 20.3 Å². The molecule has 1 aromatic carbocycles. The second kappa shape index (κ2) is 4.01. The molecular weight excluding hydrogens is 226 g/mol. The van der Waals surface area contributed by atoms with Gasteiger partial charge in [-0.2, -0.15) is 0 Å². The third-order valence-corrected chi connectivity index (χ3v) is 3.48. The monoisotopic (exact) mass is 237 g/mol.